The Morgan fingerprint density at radius 1 is 0.976 bits per heavy atom. The summed E-state index contributed by atoms with van der Waals surface area (Å²) in [6, 6.07) is 11.9. The lowest BCUT2D eigenvalue weighted by atomic mass is 10.1. The highest BCUT2D eigenvalue weighted by Crippen LogP contribution is 2.32. The van der Waals surface area contributed by atoms with Gasteiger partial charge in [0.2, 0.25) is 0 Å². The van der Waals surface area contributed by atoms with E-state index in [1.807, 2.05) is 36.5 Å². The van der Waals surface area contributed by atoms with Crippen molar-refractivity contribution in [1.29, 1.82) is 0 Å². The molecule has 0 bridgehead atoms. The second-order valence-corrected chi connectivity index (χ2v) is 12.2. The van der Waals surface area contributed by atoms with Gasteiger partial charge in [0.05, 0.1) is 11.7 Å². The third-order valence-corrected chi connectivity index (χ3v) is 7.23. The predicted molar refractivity (Wildman–Crippen MR) is 163 cm³/mol. The average Bonchev–Trinajstić information content (AvgIpc) is 3.35. The first-order valence-corrected chi connectivity index (χ1v) is 14.8. The molecule has 3 N–H and O–H groups in total. The quantitative estimate of drug-likeness (QED) is 0.392. The lowest BCUT2D eigenvalue weighted by Gasteiger charge is -2.25. The van der Waals surface area contributed by atoms with Gasteiger partial charge in [-0.25, -0.2) is 9.59 Å². The monoisotopic (exact) mass is 597 g/mol. The van der Waals surface area contributed by atoms with Crippen LogP contribution in [0.25, 0.3) is 0 Å². The summed E-state index contributed by atoms with van der Waals surface area (Å²) in [6.45, 7) is 7.89. The van der Waals surface area contributed by atoms with E-state index in [2.05, 4.69) is 16.0 Å². The molecule has 0 fully saturated rings. The van der Waals surface area contributed by atoms with Crippen LogP contribution < -0.4 is 25.4 Å². The number of hydrogen-bond donors (Lipinski definition) is 3. The Balaban J connectivity index is 1.36. The van der Waals surface area contributed by atoms with Gasteiger partial charge in [-0.05, 0) is 70.1 Å². The van der Waals surface area contributed by atoms with Crippen molar-refractivity contribution in [2.24, 2.45) is 0 Å². The van der Waals surface area contributed by atoms with Gasteiger partial charge in [0, 0.05) is 42.7 Å². The van der Waals surface area contributed by atoms with Crippen LogP contribution in [0.2, 0.25) is 0 Å². The number of benzene rings is 2. The molecule has 2 aliphatic heterocycles. The second kappa shape index (κ2) is 13.8. The standard InChI is InChI=1S/C30H39N5O6S/c1-30(2,3)41-29(38)33-24-19-42-18-23(24)32-27(36)21-8-6-20(7-9-21)17-35(13-12-34(4)5)28(37)31-22-10-11-25-26(16-22)40-15-14-39-25/h6-11,16,19,23H,12-15,17-18H2,1-5H3,(H,31,37)(H,32,36)(H,33,38). The topological polar surface area (TPSA) is 121 Å². The Kier molecular flexibility index (Phi) is 10.2. The molecule has 4 rings (SSSR count). The van der Waals surface area contributed by atoms with Gasteiger partial charge < -0.3 is 34.6 Å². The summed E-state index contributed by atoms with van der Waals surface area (Å²) >= 11 is 1.51. The third kappa shape index (κ3) is 9.05. The normalized spacial score (nSPS) is 16.0. The highest BCUT2D eigenvalue weighted by molar-refractivity contribution is 8.02. The van der Waals surface area contributed by atoms with Gasteiger partial charge in [0.15, 0.2) is 11.5 Å². The molecule has 12 heteroatoms. The first-order chi connectivity index (χ1) is 20.0. The summed E-state index contributed by atoms with van der Waals surface area (Å²) in [5, 5.41) is 10.5. The molecular formula is C30H39N5O6S. The van der Waals surface area contributed by atoms with Gasteiger partial charge in [-0.3, -0.25) is 10.1 Å². The smallest absolute Gasteiger partial charge is 0.411 e. The molecule has 42 heavy (non-hydrogen) atoms. The lowest BCUT2D eigenvalue weighted by molar-refractivity contribution is 0.0541. The molecular weight excluding hydrogens is 558 g/mol. The molecule has 226 valence electrons. The number of nitrogens with one attached hydrogen (secondary N) is 3. The van der Waals surface area contributed by atoms with Crippen LogP contribution in [0.15, 0.2) is 53.6 Å². The minimum absolute atomic E-state index is 0.245. The fraction of sp³-hybridized carbons (Fsp3) is 0.433. The zero-order valence-electron chi connectivity index (χ0n) is 24.7. The molecule has 1 unspecified atom stereocenters. The van der Waals surface area contributed by atoms with E-state index < -0.39 is 11.7 Å². The van der Waals surface area contributed by atoms with E-state index in [4.69, 9.17) is 14.2 Å². The number of nitrogens with zero attached hydrogens (tertiary/aromatic N) is 2. The van der Waals surface area contributed by atoms with Crippen LogP contribution >= 0.6 is 11.8 Å². The Morgan fingerprint density at radius 3 is 2.38 bits per heavy atom. The molecule has 0 spiro atoms. The predicted octanol–water partition coefficient (Wildman–Crippen LogP) is 4.26. The number of amides is 4. The third-order valence-electron chi connectivity index (χ3n) is 6.29. The summed E-state index contributed by atoms with van der Waals surface area (Å²) in [7, 11) is 3.91. The molecule has 2 aromatic rings. The number of anilines is 1. The van der Waals surface area contributed by atoms with Crippen LogP contribution in [0.4, 0.5) is 15.3 Å². The molecule has 0 radical (unpaired) electrons. The molecule has 0 saturated heterocycles. The average molecular weight is 598 g/mol. The summed E-state index contributed by atoms with van der Waals surface area (Å²) in [6.07, 6.45) is -0.559. The fourth-order valence-corrected chi connectivity index (χ4v) is 5.14. The van der Waals surface area contributed by atoms with E-state index in [9.17, 15) is 14.4 Å². The largest absolute Gasteiger partial charge is 0.486 e. The van der Waals surface area contributed by atoms with Crippen LogP contribution in [0.5, 0.6) is 11.5 Å². The highest BCUT2D eigenvalue weighted by Gasteiger charge is 2.26. The number of carbonyl (C=O) groups excluding carboxylic acids is 3. The maximum Gasteiger partial charge on any atom is 0.411 e. The first-order valence-electron chi connectivity index (χ1n) is 13.8. The Hall–Kier alpha value is -3.90. The molecule has 2 aromatic carbocycles. The minimum atomic E-state index is -0.620. The van der Waals surface area contributed by atoms with E-state index in [1.54, 1.807) is 56.0 Å². The number of alkyl carbamates (subject to hydrolysis) is 1. The summed E-state index contributed by atoms with van der Waals surface area (Å²) in [5.74, 6) is 1.61. The van der Waals surface area contributed by atoms with Crippen molar-refractivity contribution in [3.8, 4) is 11.5 Å². The lowest BCUT2D eigenvalue weighted by Crippen LogP contribution is -2.42. The van der Waals surface area contributed by atoms with Crippen molar-refractivity contribution in [3.05, 3.63) is 64.7 Å². The minimum Gasteiger partial charge on any atom is -0.486 e. The number of likely N-dealkylation sites (N-methyl/N-ethyl adjacent to an activating group) is 1. The Bertz CT molecular complexity index is 1310. The maximum absolute atomic E-state index is 13.3. The summed E-state index contributed by atoms with van der Waals surface area (Å²) in [4.78, 5) is 42.2. The van der Waals surface area contributed by atoms with Crippen molar-refractivity contribution in [3.63, 3.8) is 0 Å². The van der Waals surface area contributed by atoms with Crippen LogP contribution in [-0.2, 0) is 11.3 Å². The van der Waals surface area contributed by atoms with Gasteiger partial charge in [-0.15, -0.1) is 11.8 Å². The van der Waals surface area contributed by atoms with Crippen molar-refractivity contribution in [2.75, 3.05) is 51.5 Å². The van der Waals surface area contributed by atoms with Crippen molar-refractivity contribution in [2.45, 2.75) is 39.0 Å². The van der Waals surface area contributed by atoms with Gasteiger partial charge in [0.1, 0.15) is 18.8 Å². The number of thioether (sulfide) groups is 1. The van der Waals surface area contributed by atoms with E-state index in [0.29, 0.717) is 67.0 Å². The SMILES string of the molecule is CN(C)CCN(Cc1ccc(C(=O)NC2CSC=C2NC(=O)OC(C)(C)C)cc1)C(=O)Nc1ccc2c(c1)OCCO2. The molecule has 2 heterocycles. The van der Waals surface area contributed by atoms with E-state index in [1.165, 1.54) is 11.8 Å². The summed E-state index contributed by atoms with van der Waals surface area (Å²) in [5.41, 5.74) is 1.95. The molecule has 11 nitrogen and oxygen atoms in total. The number of carbonyl (C=O) groups is 3. The highest BCUT2D eigenvalue weighted by atomic mass is 32.2. The first kappa shape index (κ1) is 31.0. The number of fused-ring (bicyclic) bond motifs is 1. The van der Waals surface area contributed by atoms with E-state index in [0.717, 1.165) is 5.56 Å². The molecule has 2 aliphatic rings. The van der Waals surface area contributed by atoms with Crippen molar-refractivity contribution >= 4 is 35.5 Å². The zero-order chi connectivity index (χ0) is 30.3. The number of rotatable bonds is 9. The van der Waals surface area contributed by atoms with Gasteiger partial charge in [-0.2, -0.15) is 0 Å². The molecule has 0 aliphatic carbocycles. The number of hydrogen-bond acceptors (Lipinski definition) is 8. The van der Waals surface area contributed by atoms with Gasteiger partial charge in [0.25, 0.3) is 5.91 Å². The van der Waals surface area contributed by atoms with E-state index >= 15 is 0 Å². The summed E-state index contributed by atoms with van der Waals surface area (Å²) < 4.78 is 16.5. The van der Waals surface area contributed by atoms with E-state index in [-0.39, 0.29) is 18.0 Å². The van der Waals surface area contributed by atoms with Gasteiger partial charge >= 0.3 is 12.1 Å². The maximum atomic E-state index is 13.3. The Morgan fingerprint density at radius 2 is 1.69 bits per heavy atom. The van der Waals surface area contributed by atoms with Crippen LogP contribution in [0.3, 0.4) is 0 Å². The van der Waals surface area contributed by atoms with Gasteiger partial charge in [-0.1, -0.05) is 12.1 Å². The molecule has 4 amide bonds. The molecule has 0 saturated carbocycles. The second-order valence-electron chi connectivity index (χ2n) is 11.3. The molecule has 0 aromatic heterocycles. The van der Waals surface area contributed by atoms with Crippen molar-refractivity contribution < 1.29 is 28.6 Å². The van der Waals surface area contributed by atoms with Crippen LogP contribution in [0, 0.1) is 0 Å². The number of urea groups is 1. The Labute approximate surface area is 250 Å². The number of ether oxygens (including phenoxy) is 3. The zero-order valence-corrected chi connectivity index (χ0v) is 25.5. The molecule has 1 atom stereocenters. The van der Waals surface area contributed by atoms with Crippen LogP contribution in [-0.4, -0.2) is 85.6 Å². The fourth-order valence-electron chi connectivity index (χ4n) is 4.18. The van der Waals surface area contributed by atoms with Crippen LogP contribution in [0.1, 0.15) is 36.7 Å². The van der Waals surface area contributed by atoms with Crippen molar-refractivity contribution in [1.82, 2.24) is 20.4 Å².